The minimum atomic E-state index is 0.340. The second-order valence-electron chi connectivity index (χ2n) is 7.96. The highest BCUT2D eigenvalue weighted by atomic mass is 15.3. The first-order valence-electron chi connectivity index (χ1n) is 10.0. The summed E-state index contributed by atoms with van der Waals surface area (Å²) in [6.07, 6.45) is 9.71. The van der Waals surface area contributed by atoms with E-state index in [0.29, 0.717) is 23.9 Å². The van der Waals surface area contributed by atoms with E-state index in [1.54, 1.807) is 0 Å². The zero-order valence-electron chi connectivity index (χ0n) is 16.5. The molecule has 0 aromatic carbocycles. The van der Waals surface area contributed by atoms with Crippen LogP contribution in [0.1, 0.15) is 39.5 Å². The summed E-state index contributed by atoms with van der Waals surface area (Å²) in [4.78, 5) is 13.3. The maximum Gasteiger partial charge on any atom is 0.222 e. The van der Waals surface area contributed by atoms with Crippen LogP contribution in [0, 0.1) is 5.92 Å². The topological polar surface area (TPSA) is 106 Å². The first-order chi connectivity index (χ1) is 13.6. The molecular weight excluding hydrogens is 352 g/mol. The van der Waals surface area contributed by atoms with Gasteiger partial charge in [0.05, 0.1) is 11.9 Å². The smallest absolute Gasteiger partial charge is 0.222 e. The molecular formula is C20H28N8. The minimum absolute atomic E-state index is 0.340. The number of nitrogens with zero attached hydrogens (tertiary/aromatic N) is 5. The Morgan fingerprint density at radius 2 is 1.82 bits per heavy atom. The quantitative estimate of drug-likeness (QED) is 0.603. The molecule has 1 aliphatic carbocycles. The molecule has 28 heavy (non-hydrogen) atoms. The van der Waals surface area contributed by atoms with Crippen molar-refractivity contribution >= 4 is 17.4 Å². The van der Waals surface area contributed by atoms with Gasteiger partial charge in [0, 0.05) is 36.6 Å². The lowest BCUT2D eigenvalue weighted by atomic mass is 9.92. The highest BCUT2D eigenvalue weighted by molar-refractivity contribution is 5.62. The summed E-state index contributed by atoms with van der Waals surface area (Å²) < 4.78 is 1.84. The number of rotatable bonds is 6. The average molecular weight is 381 g/mol. The van der Waals surface area contributed by atoms with Gasteiger partial charge in [-0.2, -0.15) is 0 Å². The second kappa shape index (κ2) is 8.10. The first-order valence-corrected chi connectivity index (χ1v) is 10.0. The number of fused-ring (bicyclic) bond motifs is 1. The van der Waals surface area contributed by atoms with Crippen molar-refractivity contribution in [2.24, 2.45) is 11.7 Å². The summed E-state index contributed by atoms with van der Waals surface area (Å²) in [6, 6.07) is 4.72. The number of aromatic nitrogens is 5. The molecule has 0 unspecified atom stereocenters. The van der Waals surface area contributed by atoms with Crippen molar-refractivity contribution in [3.05, 3.63) is 30.7 Å². The Morgan fingerprint density at radius 3 is 2.54 bits per heavy atom. The van der Waals surface area contributed by atoms with E-state index in [0.717, 1.165) is 55.0 Å². The fourth-order valence-electron chi connectivity index (χ4n) is 3.47. The van der Waals surface area contributed by atoms with Gasteiger partial charge >= 0.3 is 0 Å². The summed E-state index contributed by atoms with van der Waals surface area (Å²) in [5.41, 5.74) is 8.57. The predicted molar refractivity (Wildman–Crippen MR) is 111 cm³/mol. The normalized spacial score (nSPS) is 19.9. The molecule has 4 rings (SSSR count). The first kappa shape index (κ1) is 18.6. The molecule has 0 atom stereocenters. The van der Waals surface area contributed by atoms with Crippen LogP contribution in [0.3, 0.4) is 0 Å². The van der Waals surface area contributed by atoms with Gasteiger partial charge in [0.15, 0.2) is 5.65 Å². The summed E-state index contributed by atoms with van der Waals surface area (Å²) in [6.45, 7) is 5.15. The summed E-state index contributed by atoms with van der Waals surface area (Å²) in [5, 5.41) is 11.5. The number of nitrogens with one attached hydrogen (secondary N) is 2. The number of hydrogen-bond acceptors (Lipinski definition) is 7. The summed E-state index contributed by atoms with van der Waals surface area (Å²) >= 11 is 0. The molecule has 148 valence electrons. The molecule has 0 aliphatic heterocycles. The van der Waals surface area contributed by atoms with Gasteiger partial charge in [-0.15, -0.1) is 5.10 Å². The van der Waals surface area contributed by atoms with Crippen LogP contribution >= 0.6 is 0 Å². The molecule has 3 aromatic heterocycles. The SMILES string of the molecule is CC(C)CNc1ncc(-c2cnc3ccc(NC4CCC(N)CC4)nn23)cn1. The van der Waals surface area contributed by atoms with Crippen LogP contribution in [0.25, 0.3) is 16.9 Å². The van der Waals surface area contributed by atoms with Gasteiger partial charge in [0.25, 0.3) is 0 Å². The van der Waals surface area contributed by atoms with Gasteiger partial charge in [-0.3, -0.25) is 0 Å². The van der Waals surface area contributed by atoms with Crippen molar-refractivity contribution in [2.75, 3.05) is 17.2 Å². The molecule has 0 amide bonds. The third-order valence-corrected chi connectivity index (χ3v) is 5.10. The van der Waals surface area contributed by atoms with Gasteiger partial charge in [-0.25, -0.2) is 19.5 Å². The van der Waals surface area contributed by atoms with E-state index in [4.69, 9.17) is 10.8 Å². The summed E-state index contributed by atoms with van der Waals surface area (Å²) in [5.74, 6) is 2.03. The number of nitrogens with two attached hydrogens (primary N) is 1. The Morgan fingerprint density at radius 1 is 1.07 bits per heavy atom. The lowest BCUT2D eigenvalue weighted by molar-refractivity contribution is 0.410. The molecule has 1 fully saturated rings. The maximum absolute atomic E-state index is 6.01. The van der Waals surface area contributed by atoms with Crippen LogP contribution < -0.4 is 16.4 Å². The predicted octanol–water partition coefficient (Wildman–Crippen LogP) is 2.94. The van der Waals surface area contributed by atoms with Gasteiger partial charge in [0.2, 0.25) is 5.95 Å². The fourth-order valence-corrected chi connectivity index (χ4v) is 3.47. The van der Waals surface area contributed by atoms with Gasteiger partial charge in [-0.05, 0) is 43.7 Å². The van der Waals surface area contributed by atoms with Gasteiger partial charge in [0.1, 0.15) is 5.82 Å². The lowest BCUT2D eigenvalue weighted by Gasteiger charge is -2.27. The molecule has 3 heterocycles. The summed E-state index contributed by atoms with van der Waals surface area (Å²) in [7, 11) is 0. The van der Waals surface area contributed by atoms with E-state index in [-0.39, 0.29) is 0 Å². The Labute approximate surface area is 165 Å². The van der Waals surface area contributed by atoms with Crippen LogP contribution in [0.5, 0.6) is 0 Å². The van der Waals surface area contributed by atoms with E-state index >= 15 is 0 Å². The molecule has 8 nitrogen and oxygen atoms in total. The second-order valence-corrected chi connectivity index (χ2v) is 7.96. The van der Waals surface area contributed by atoms with Crippen molar-refractivity contribution < 1.29 is 0 Å². The number of hydrogen-bond donors (Lipinski definition) is 3. The highest BCUT2D eigenvalue weighted by Crippen LogP contribution is 2.23. The van der Waals surface area contributed by atoms with Crippen molar-refractivity contribution in [1.29, 1.82) is 0 Å². The van der Waals surface area contributed by atoms with Crippen LogP contribution in [0.4, 0.5) is 11.8 Å². The van der Waals surface area contributed by atoms with E-state index < -0.39 is 0 Å². The molecule has 1 aliphatic rings. The fraction of sp³-hybridized carbons (Fsp3) is 0.500. The van der Waals surface area contributed by atoms with Gasteiger partial charge in [-0.1, -0.05) is 13.8 Å². The lowest BCUT2D eigenvalue weighted by Crippen LogP contribution is -2.33. The van der Waals surface area contributed by atoms with E-state index in [1.165, 1.54) is 0 Å². The van der Waals surface area contributed by atoms with Crippen molar-refractivity contribution in [3.8, 4) is 11.3 Å². The minimum Gasteiger partial charge on any atom is -0.366 e. The zero-order valence-corrected chi connectivity index (χ0v) is 16.5. The van der Waals surface area contributed by atoms with Crippen LogP contribution in [0.2, 0.25) is 0 Å². The van der Waals surface area contributed by atoms with E-state index in [2.05, 4.69) is 39.4 Å². The Bertz CT molecular complexity index is 910. The molecule has 0 saturated heterocycles. The third-order valence-electron chi connectivity index (χ3n) is 5.10. The molecule has 3 aromatic rings. The zero-order chi connectivity index (χ0) is 19.5. The largest absolute Gasteiger partial charge is 0.366 e. The molecule has 8 heteroatoms. The highest BCUT2D eigenvalue weighted by Gasteiger charge is 2.19. The Hall–Kier alpha value is -2.74. The molecule has 1 saturated carbocycles. The number of imidazole rings is 1. The molecule has 4 N–H and O–H groups in total. The molecule has 0 bridgehead atoms. The third kappa shape index (κ3) is 4.22. The van der Waals surface area contributed by atoms with Gasteiger partial charge < -0.3 is 16.4 Å². The molecule has 0 spiro atoms. The maximum atomic E-state index is 6.01. The van der Waals surface area contributed by atoms with Crippen molar-refractivity contribution in [1.82, 2.24) is 24.6 Å². The Balaban J connectivity index is 1.53. The van der Waals surface area contributed by atoms with Crippen molar-refractivity contribution in [2.45, 2.75) is 51.6 Å². The Kier molecular flexibility index (Phi) is 5.38. The average Bonchev–Trinajstić information content (AvgIpc) is 3.12. The van der Waals surface area contributed by atoms with Crippen LogP contribution in [0.15, 0.2) is 30.7 Å². The number of anilines is 2. The van der Waals surface area contributed by atoms with E-state index in [1.807, 2.05) is 35.2 Å². The monoisotopic (exact) mass is 380 g/mol. The van der Waals surface area contributed by atoms with E-state index in [9.17, 15) is 0 Å². The van der Waals surface area contributed by atoms with Crippen LogP contribution in [-0.2, 0) is 0 Å². The van der Waals surface area contributed by atoms with Crippen LogP contribution in [-0.4, -0.2) is 43.2 Å². The van der Waals surface area contributed by atoms with Crippen molar-refractivity contribution in [3.63, 3.8) is 0 Å². The molecule has 0 radical (unpaired) electrons. The standard InChI is InChI=1S/C20H28N8/c1-13(2)9-23-20-24-10-14(11-25-20)17-12-22-19-8-7-18(27-28(17)19)26-16-5-3-15(21)4-6-16/h7-8,10-13,15-16H,3-6,9,21H2,1-2H3,(H,26,27)(H,23,24,25).